The quantitative estimate of drug-likeness (QED) is 0.0744. The Morgan fingerprint density at radius 2 is 1.51 bits per heavy atom. The second-order valence-electron chi connectivity index (χ2n) is 12.0. The number of ketones is 1. The summed E-state index contributed by atoms with van der Waals surface area (Å²) in [6.07, 6.45) is 0. The predicted molar refractivity (Wildman–Crippen MR) is 203 cm³/mol. The monoisotopic (exact) mass is 710 g/mol. The second-order valence-corrected chi connectivity index (χ2v) is 13.4. The number of nitrogens with one attached hydrogen (secondary N) is 1. The number of amides is 1. The fourth-order valence-corrected chi connectivity index (χ4v) is 7.12. The lowest BCUT2D eigenvalue weighted by Crippen LogP contribution is -2.24. The fourth-order valence-electron chi connectivity index (χ4n) is 6.01. The van der Waals surface area contributed by atoms with Crippen LogP contribution in [-0.4, -0.2) is 27.3 Å². The Bertz CT molecular complexity index is 2410. The molecule has 0 fully saturated rings. The first-order valence-corrected chi connectivity index (χ1v) is 17.6. The van der Waals surface area contributed by atoms with Crippen molar-refractivity contribution >= 4 is 68.4 Å². The lowest BCUT2D eigenvalue weighted by Gasteiger charge is -2.13. The molecule has 0 bridgehead atoms. The molecule has 0 unspecified atom stereocenters. The third kappa shape index (κ3) is 7.67. The van der Waals surface area contributed by atoms with Gasteiger partial charge in [0.1, 0.15) is 12.4 Å². The van der Waals surface area contributed by atoms with Crippen molar-refractivity contribution < 1.29 is 24.2 Å². The van der Waals surface area contributed by atoms with Gasteiger partial charge in [-0.15, -0.1) is 11.8 Å². The fraction of sp³-hybridized carbons (Fsp3) is 0.0714. The number of aromatic carboxylic acids is 1. The third-order valence-corrected chi connectivity index (χ3v) is 9.80. The van der Waals surface area contributed by atoms with Gasteiger partial charge in [-0.25, -0.2) is 4.79 Å². The van der Waals surface area contributed by atoms with Crippen LogP contribution in [0, 0.1) is 0 Å². The van der Waals surface area contributed by atoms with Crippen LogP contribution in [0.3, 0.4) is 0 Å². The van der Waals surface area contributed by atoms with Gasteiger partial charge in [0.2, 0.25) is 0 Å². The molecule has 7 nitrogen and oxygen atoms in total. The number of hydrogen-bond acceptors (Lipinski definition) is 5. The maximum absolute atomic E-state index is 14.4. The zero-order valence-corrected chi connectivity index (χ0v) is 28.8. The summed E-state index contributed by atoms with van der Waals surface area (Å²) in [7, 11) is 0. The molecule has 1 amide bonds. The number of halogens is 1. The van der Waals surface area contributed by atoms with Crippen molar-refractivity contribution in [2.75, 3.05) is 5.32 Å². The van der Waals surface area contributed by atoms with E-state index in [4.69, 9.17) is 16.3 Å². The molecule has 6 aromatic carbocycles. The molecule has 0 aliphatic carbocycles. The molecule has 0 aliphatic rings. The van der Waals surface area contributed by atoms with Crippen molar-refractivity contribution in [1.29, 1.82) is 0 Å². The average Bonchev–Trinajstić information content (AvgIpc) is 3.45. The Kier molecular flexibility index (Phi) is 9.88. The summed E-state index contributed by atoms with van der Waals surface area (Å²) < 4.78 is 8.25. The molecule has 7 rings (SSSR count). The number of ether oxygens (including phenoxy) is 1. The smallest absolute Gasteiger partial charge is 0.335 e. The Labute approximate surface area is 303 Å². The molecule has 0 radical (unpaired) electrons. The van der Waals surface area contributed by atoms with E-state index in [2.05, 4.69) is 40.2 Å². The molecule has 1 heterocycles. The van der Waals surface area contributed by atoms with Gasteiger partial charge in [0.15, 0.2) is 0 Å². The number of carboxylic acid groups (broad SMARTS) is 1. The summed E-state index contributed by atoms with van der Waals surface area (Å²) >= 11 is 7.79. The summed E-state index contributed by atoms with van der Waals surface area (Å²) in [5, 5.41) is 15.5. The molecular formula is C42H31ClN2O5S. The third-order valence-electron chi connectivity index (χ3n) is 8.54. The van der Waals surface area contributed by atoms with Crippen LogP contribution in [0.4, 0.5) is 5.69 Å². The van der Waals surface area contributed by atoms with Crippen LogP contribution in [-0.2, 0) is 23.7 Å². The van der Waals surface area contributed by atoms with E-state index in [1.165, 1.54) is 18.2 Å². The molecule has 1 aromatic heterocycles. The van der Waals surface area contributed by atoms with Crippen molar-refractivity contribution in [3.8, 4) is 5.75 Å². The Morgan fingerprint density at radius 1 is 0.745 bits per heavy atom. The minimum absolute atomic E-state index is 0.00695. The molecule has 2 N–H and O–H groups in total. The molecule has 0 aliphatic heterocycles. The van der Waals surface area contributed by atoms with Crippen LogP contribution in [0.25, 0.3) is 21.7 Å². The van der Waals surface area contributed by atoms with E-state index >= 15 is 0 Å². The number of fused-ring (bicyclic) bond motifs is 2. The van der Waals surface area contributed by atoms with Crippen molar-refractivity contribution in [3.05, 3.63) is 172 Å². The van der Waals surface area contributed by atoms with E-state index in [-0.39, 0.29) is 16.8 Å². The minimum atomic E-state index is -1.14. The van der Waals surface area contributed by atoms with Crippen LogP contribution >= 0.6 is 23.4 Å². The SMILES string of the molecule is O=C(Nc1cccc(C(=O)O)c1)C(=O)c1c(CSc2ccc3ccccc3c2)n(Cc2ccc(Cl)cc2)c2ccc(OCc3ccccc3)cc12. The summed E-state index contributed by atoms with van der Waals surface area (Å²) in [6, 6.07) is 43.1. The number of thioether (sulfide) groups is 1. The van der Waals surface area contributed by atoms with Gasteiger partial charge >= 0.3 is 5.97 Å². The highest BCUT2D eigenvalue weighted by Gasteiger charge is 2.28. The number of benzene rings is 6. The largest absolute Gasteiger partial charge is 0.489 e. The van der Waals surface area contributed by atoms with Gasteiger partial charge in [-0.05, 0) is 82.6 Å². The van der Waals surface area contributed by atoms with Crippen molar-refractivity contribution in [1.82, 2.24) is 4.57 Å². The van der Waals surface area contributed by atoms with E-state index in [1.807, 2.05) is 84.9 Å². The summed E-state index contributed by atoms with van der Waals surface area (Å²) in [4.78, 5) is 40.7. The number of carbonyl (C=O) groups is 3. The number of Topliss-reactive ketones (excluding diaryl/α,β-unsaturated/α-hetero) is 1. The number of hydrogen-bond donors (Lipinski definition) is 2. The first kappa shape index (κ1) is 33.7. The van der Waals surface area contributed by atoms with Crippen LogP contribution in [0.15, 0.2) is 144 Å². The van der Waals surface area contributed by atoms with E-state index in [1.54, 1.807) is 17.8 Å². The lowest BCUT2D eigenvalue weighted by atomic mass is 10.1. The average molecular weight is 711 g/mol. The Hall–Kier alpha value is -5.83. The number of rotatable bonds is 12. The van der Waals surface area contributed by atoms with Crippen molar-refractivity contribution in [3.63, 3.8) is 0 Å². The lowest BCUT2D eigenvalue weighted by molar-refractivity contribution is -0.112. The summed E-state index contributed by atoms with van der Waals surface area (Å²) in [5.41, 5.74) is 3.83. The normalized spacial score (nSPS) is 11.1. The van der Waals surface area contributed by atoms with Gasteiger partial charge in [0.25, 0.3) is 11.7 Å². The number of nitrogens with zero attached hydrogens (tertiary/aromatic N) is 1. The highest BCUT2D eigenvalue weighted by atomic mass is 35.5. The number of carboxylic acids is 1. The topological polar surface area (TPSA) is 97.6 Å². The van der Waals surface area contributed by atoms with Gasteiger partial charge in [0.05, 0.1) is 11.1 Å². The molecule has 9 heteroatoms. The van der Waals surface area contributed by atoms with Crippen LogP contribution in [0.1, 0.15) is 37.5 Å². The van der Waals surface area contributed by atoms with E-state index in [0.29, 0.717) is 40.8 Å². The zero-order valence-electron chi connectivity index (χ0n) is 27.2. The maximum atomic E-state index is 14.4. The first-order chi connectivity index (χ1) is 24.8. The Morgan fingerprint density at radius 3 is 2.29 bits per heavy atom. The zero-order chi connectivity index (χ0) is 35.3. The highest BCUT2D eigenvalue weighted by Crippen LogP contribution is 2.36. The van der Waals surface area contributed by atoms with Gasteiger partial charge in [-0.2, -0.15) is 0 Å². The maximum Gasteiger partial charge on any atom is 0.335 e. The molecule has 51 heavy (non-hydrogen) atoms. The molecule has 7 aromatic rings. The van der Waals surface area contributed by atoms with Crippen LogP contribution in [0.5, 0.6) is 5.75 Å². The number of aromatic nitrogens is 1. The van der Waals surface area contributed by atoms with Crippen LogP contribution < -0.4 is 10.1 Å². The molecule has 0 saturated carbocycles. The van der Waals surface area contributed by atoms with Gasteiger partial charge in [-0.1, -0.05) is 90.5 Å². The standard InChI is InChI=1S/C42H31ClN2O5S/c43-32-16-13-27(14-17-32)24-45-37-20-18-34(50-25-28-7-2-1-3-8-28)23-36(37)39(40(46)41(47)44-33-12-6-11-31(21-33)42(48)49)38(45)26-51-35-19-15-29-9-4-5-10-30(29)22-35/h1-23H,24-26H2,(H,44,47)(H,48,49). The van der Waals surface area contributed by atoms with Gasteiger partial charge < -0.3 is 19.7 Å². The van der Waals surface area contributed by atoms with Crippen molar-refractivity contribution in [2.45, 2.75) is 23.8 Å². The summed E-state index contributed by atoms with van der Waals surface area (Å²) in [5.74, 6) is -1.84. The molecular weight excluding hydrogens is 680 g/mol. The second kappa shape index (κ2) is 15.0. The molecule has 0 saturated heterocycles. The molecule has 252 valence electrons. The van der Waals surface area contributed by atoms with Crippen molar-refractivity contribution in [2.24, 2.45) is 0 Å². The molecule has 0 spiro atoms. The summed E-state index contributed by atoms with van der Waals surface area (Å²) in [6.45, 7) is 0.743. The highest BCUT2D eigenvalue weighted by molar-refractivity contribution is 7.98. The first-order valence-electron chi connectivity index (χ1n) is 16.2. The Balaban J connectivity index is 1.33. The van der Waals surface area contributed by atoms with E-state index in [0.717, 1.165) is 32.3 Å². The number of anilines is 1. The van der Waals surface area contributed by atoms with E-state index in [9.17, 15) is 19.5 Å². The molecule has 0 atom stereocenters. The predicted octanol–water partition coefficient (Wildman–Crippen LogP) is 9.89. The van der Waals surface area contributed by atoms with Crippen LogP contribution in [0.2, 0.25) is 5.02 Å². The van der Waals surface area contributed by atoms with Gasteiger partial charge in [-0.3, -0.25) is 9.59 Å². The minimum Gasteiger partial charge on any atom is -0.489 e. The van der Waals surface area contributed by atoms with Gasteiger partial charge in [0, 0.05) is 44.5 Å². The van der Waals surface area contributed by atoms with E-state index < -0.39 is 17.7 Å². The number of carbonyl (C=O) groups excluding carboxylic acids is 2.